The number of hydrogen-bond acceptors (Lipinski definition) is 6. The second-order valence-electron chi connectivity index (χ2n) is 8.70. The molecule has 9 heteroatoms. The van der Waals surface area contributed by atoms with Crippen molar-refractivity contribution in [1.29, 1.82) is 0 Å². The van der Waals surface area contributed by atoms with Gasteiger partial charge in [0.15, 0.2) is 0 Å². The van der Waals surface area contributed by atoms with Crippen LogP contribution in [-0.2, 0) is 27.5 Å². The van der Waals surface area contributed by atoms with Gasteiger partial charge in [0.25, 0.3) is 5.91 Å². The van der Waals surface area contributed by atoms with Crippen LogP contribution in [-0.4, -0.2) is 39.7 Å². The van der Waals surface area contributed by atoms with Crippen LogP contribution in [0.5, 0.6) is 0 Å². The van der Waals surface area contributed by atoms with Crippen LogP contribution in [0.4, 0.5) is 10.6 Å². The third-order valence-corrected chi connectivity index (χ3v) is 6.56. The molecule has 33 heavy (non-hydrogen) atoms. The summed E-state index contributed by atoms with van der Waals surface area (Å²) in [5.41, 5.74) is 3.13. The molecule has 2 N–H and O–H groups in total. The molecule has 3 aliphatic rings. The van der Waals surface area contributed by atoms with Crippen LogP contribution in [0, 0.1) is 0 Å². The number of fused-ring (bicyclic) bond motifs is 1. The Morgan fingerprint density at radius 3 is 2.70 bits per heavy atom. The van der Waals surface area contributed by atoms with Crippen molar-refractivity contribution < 1.29 is 23.9 Å². The maximum atomic E-state index is 12.9. The Labute approximate surface area is 190 Å². The minimum absolute atomic E-state index is 0.00896. The maximum absolute atomic E-state index is 12.9. The van der Waals surface area contributed by atoms with E-state index in [1.165, 1.54) is 29.7 Å². The van der Waals surface area contributed by atoms with E-state index in [1.807, 2.05) is 6.07 Å². The van der Waals surface area contributed by atoms with E-state index in [2.05, 4.69) is 15.6 Å². The quantitative estimate of drug-likeness (QED) is 0.679. The van der Waals surface area contributed by atoms with Gasteiger partial charge in [0.1, 0.15) is 18.5 Å². The molecule has 1 saturated heterocycles. The van der Waals surface area contributed by atoms with Gasteiger partial charge in [-0.15, -0.1) is 0 Å². The normalized spacial score (nSPS) is 20.2. The Bertz CT molecular complexity index is 1130. The van der Waals surface area contributed by atoms with Gasteiger partial charge in [-0.2, -0.15) is 0 Å². The van der Waals surface area contributed by atoms with E-state index in [4.69, 9.17) is 4.74 Å². The molecule has 0 radical (unpaired) electrons. The first-order valence-corrected chi connectivity index (χ1v) is 11.1. The van der Waals surface area contributed by atoms with Gasteiger partial charge in [0.2, 0.25) is 11.8 Å². The number of carbonyl (C=O) groups is 4. The molecule has 2 fully saturated rings. The average Bonchev–Trinajstić information content (AvgIpc) is 3.08. The van der Waals surface area contributed by atoms with Gasteiger partial charge in [0.05, 0.1) is 0 Å². The van der Waals surface area contributed by atoms with Crippen molar-refractivity contribution in [3.8, 4) is 0 Å². The van der Waals surface area contributed by atoms with Crippen LogP contribution in [0.3, 0.4) is 0 Å². The lowest BCUT2D eigenvalue weighted by Crippen LogP contribution is -2.52. The fourth-order valence-corrected chi connectivity index (χ4v) is 4.44. The smallest absolute Gasteiger partial charge is 0.413 e. The van der Waals surface area contributed by atoms with E-state index in [-0.39, 0.29) is 24.8 Å². The Hall–Kier alpha value is -3.75. The van der Waals surface area contributed by atoms with Crippen molar-refractivity contribution in [2.45, 2.75) is 57.2 Å². The number of imide groups is 1. The predicted molar refractivity (Wildman–Crippen MR) is 117 cm³/mol. The van der Waals surface area contributed by atoms with E-state index in [1.54, 1.807) is 30.5 Å². The van der Waals surface area contributed by atoms with Gasteiger partial charge in [-0.05, 0) is 54.0 Å². The monoisotopic (exact) mass is 448 g/mol. The molecule has 1 aromatic heterocycles. The van der Waals surface area contributed by atoms with Crippen LogP contribution >= 0.6 is 0 Å². The number of benzene rings is 1. The van der Waals surface area contributed by atoms with Gasteiger partial charge >= 0.3 is 6.09 Å². The molecule has 0 bridgehead atoms. The molecule has 4 amide bonds. The SMILES string of the molecule is O=C1CCC(N2Cc3ccc(COC(=O)Nc4ccc(C5CCC5)cn4)cc3C2=O)C(=O)N1. The van der Waals surface area contributed by atoms with Gasteiger partial charge < -0.3 is 9.64 Å². The number of hydrogen-bond donors (Lipinski definition) is 2. The Morgan fingerprint density at radius 1 is 1.15 bits per heavy atom. The molecule has 5 rings (SSSR count). The highest BCUT2D eigenvalue weighted by Crippen LogP contribution is 2.36. The standard InChI is InChI=1S/C24H24N4O5/c29-21-9-7-19(22(30)27-21)28-12-17-5-4-14(10-18(17)23(28)31)13-33-24(32)26-20-8-6-16(11-25-20)15-2-1-3-15/h4-6,8,10-11,15,19H,1-3,7,9,12-13H2,(H,25,26,32)(H,27,29,30). The van der Waals surface area contributed by atoms with Gasteiger partial charge in [-0.25, -0.2) is 9.78 Å². The second-order valence-corrected chi connectivity index (χ2v) is 8.70. The summed E-state index contributed by atoms with van der Waals surface area (Å²) in [6.07, 6.45) is 5.31. The first-order chi connectivity index (χ1) is 16.0. The molecular formula is C24H24N4O5. The number of nitrogens with one attached hydrogen (secondary N) is 2. The lowest BCUT2D eigenvalue weighted by Gasteiger charge is -2.29. The Morgan fingerprint density at radius 2 is 2.00 bits per heavy atom. The first kappa shape index (κ1) is 21.1. The van der Waals surface area contributed by atoms with E-state index in [9.17, 15) is 19.2 Å². The van der Waals surface area contributed by atoms with Gasteiger partial charge in [-0.1, -0.05) is 24.6 Å². The highest BCUT2D eigenvalue weighted by molar-refractivity contribution is 6.05. The summed E-state index contributed by atoms with van der Waals surface area (Å²) in [7, 11) is 0. The molecule has 1 aliphatic carbocycles. The molecular weight excluding hydrogens is 424 g/mol. The number of anilines is 1. The van der Waals surface area contributed by atoms with Gasteiger partial charge in [-0.3, -0.25) is 25.0 Å². The Balaban J connectivity index is 1.17. The first-order valence-electron chi connectivity index (χ1n) is 11.1. The Kier molecular flexibility index (Phi) is 5.53. The lowest BCUT2D eigenvalue weighted by atomic mass is 9.81. The van der Waals surface area contributed by atoms with Crippen molar-refractivity contribution in [3.63, 3.8) is 0 Å². The number of ether oxygens (including phenoxy) is 1. The highest BCUT2D eigenvalue weighted by atomic mass is 16.5. The summed E-state index contributed by atoms with van der Waals surface area (Å²) < 4.78 is 5.29. The summed E-state index contributed by atoms with van der Waals surface area (Å²) >= 11 is 0. The van der Waals surface area contributed by atoms with Crippen molar-refractivity contribution in [1.82, 2.24) is 15.2 Å². The molecule has 1 aromatic carbocycles. The molecule has 1 unspecified atom stereocenters. The van der Waals surface area contributed by atoms with Gasteiger partial charge in [0, 0.05) is 24.7 Å². The van der Waals surface area contributed by atoms with Crippen molar-refractivity contribution in [3.05, 3.63) is 58.8 Å². The third-order valence-electron chi connectivity index (χ3n) is 6.56. The van der Waals surface area contributed by atoms with Crippen LogP contribution in [0.25, 0.3) is 0 Å². The van der Waals surface area contributed by atoms with Crippen molar-refractivity contribution in [2.24, 2.45) is 0 Å². The largest absolute Gasteiger partial charge is 0.444 e. The molecule has 1 atom stereocenters. The van der Waals surface area contributed by atoms with Crippen LogP contribution in [0.2, 0.25) is 0 Å². The number of piperidine rings is 1. The predicted octanol–water partition coefficient (Wildman–Crippen LogP) is 2.86. The molecule has 170 valence electrons. The molecule has 2 aromatic rings. The summed E-state index contributed by atoms with van der Waals surface area (Å²) in [5, 5.41) is 4.91. The average molecular weight is 448 g/mol. The minimum atomic E-state index is -0.656. The summed E-state index contributed by atoms with van der Waals surface area (Å²) in [6, 6.07) is 8.37. The van der Waals surface area contributed by atoms with Crippen LogP contribution in [0.15, 0.2) is 36.5 Å². The number of carbonyl (C=O) groups excluding carboxylic acids is 4. The van der Waals surface area contributed by atoms with Crippen molar-refractivity contribution in [2.75, 3.05) is 5.32 Å². The number of nitrogens with zero attached hydrogens (tertiary/aromatic N) is 2. The minimum Gasteiger partial charge on any atom is -0.444 e. The molecule has 9 nitrogen and oxygen atoms in total. The summed E-state index contributed by atoms with van der Waals surface area (Å²) in [5.74, 6) is -0.0230. The number of amides is 4. The zero-order valence-electron chi connectivity index (χ0n) is 18.0. The highest BCUT2D eigenvalue weighted by Gasteiger charge is 2.39. The van der Waals surface area contributed by atoms with Crippen molar-refractivity contribution >= 4 is 29.6 Å². The van der Waals surface area contributed by atoms with E-state index < -0.39 is 18.0 Å². The summed E-state index contributed by atoms with van der Waals surface area (Å²) in [4.78, 5) is 54.4. The number of pyridine rings is 1. The lowest BCUT2D eigenvalue weighted by molar-refractivity contribution is -0.136. The van der Waals surface area contributed by atoms with E-state index >= 15 is 0 Å². The maximum Gasteiger partial charge on any atom is 0.413 e. The zero-order chi connectivity index (χ0) is 22.9. The number of rotatable bonds is 5. The molecule has 2 aliphatic heterocycles. The molecule has 3 heterocycles. The van der Waals surface area contributed by atoms with Crippen LogP contribution < -0.4 is 10.6 Å². The fourth-order valence-electron chi connectivity index (χ4n) is 4.44. The number of aromatic nitrogens is 1. The third kappa shape index (κ3) is 4.30. The summed E-state index contributed by atoms with van der Waals surface area (Å²) in [6.45, 7) is 0.301. The topological polar surface area (TPSA) is 118 Å². The fraction of sp³-hybridized carbons (Fsp3) is 0.375. The second kappa shape index (κ2) is 8.65. The zero-order valence-corrected chi connectivity index (χ0v) is 18.0. The molecule has 1 saturated carbocycles. The van der Waals surface area contributed by atoms with E-state index in [0.717, 1.165) is 5.56 Å². The molecule has 0 spiro atoms. The van der Waals surface area contributed by atoms with Crippen LogP contribution in [0.1, 0.15) is 65.1 Å². The van der Waals surface area contributed by atoms with E-state index in [0.29, 0.717) is 35.8 Å².